The summed E-state index contributed by atoms with van der Waals surface area (Å²) in [6.45, 7) is 55.6. The number of carboxylic acid groups (broad SMARTS) is 2. The fourth-order valence-corrected chi connectivity index (χ4v) is 8.97. The molecule has 0 saturated carbocycles. The van der Waals surface area contributed by atoms with Gasteiger partial charge in [-0.2, -0.15) is 0 Å². The van der Waals surface area contributed by atoms with Crippen molar-refractivity contribution in [2.45, 2.75) is 308 Å². The fraction of sp³-hybridized carbons (Fsp3) is 0.845. The number of H-pyrrole nitrogens is 1. The van der Waals surface area contributed by atoms with Gasteiger partial charge < -0.3 is 128 Å². The number of carboxylic acids is 2. The number of ether oxygens (including phenoxy) is 11. The molecule has 0 bridgehead atoms. The standard InChI is InChI=1S/C11H21NO2.C9H15N3O2.C9H20N2O2.C9H20N2O.C8H17NO2.C8H15NO2.C8H17NO.C6H14N4O2.C6H12O3.C5H11NO2.C4H11NO.CH4/c1-10(2)14-9-7-11(13)6-5-8-12(3)4;1-6(2)14-9(13)8(10)3-7-4-11-5-12-7;1-7(2)13-9(12)8(11)5-3-4-6-10;1-9(2)12-8-11-6-4-10(3)5-7-11;1-8(2)11-7-9-3-5-10-6-4-9;1-6(2)11-8(10)7-4-3-5-9-7;1-8(2)10-7-9-5-3-4-6-9;7-4(5(11)12)2-1-3-10-6(8)9;1-5(2)9-4-3-6(7)8;1-4(2)8-5(7)3-6;1-4(2)6-3-5;/h5-6,10H,7-9H2,1-4H3;4-6,8H,3,10H2,1-2H3,(H,11,12);7-8H,3-6,10-11H2,1-2H3;9H,4-8H2,1-3H3;8H,3-7H2,1-2H3;6-7,9H,3-5H2,1-2H3;8H,3-7H2,1-2H3;4H,1-3,7H2,(H,11,12)(H4,8,9,10);5H,3-4H2,1-2H3,(H,7,8);4H,3,6H2,1-2H3;4H,3,5H2,1-2H3;1H4/b6-5+;;;;;;;;;;;. The SMILES string of the molecule is C.CC(C)OC(=O)C(N)CCCCN.CC(C)OC(=O)C(N)Cc1cnc[nH]1.CC(C)OC(=O)C1CCCN1.CC(C)OC(=O)CN.CC(C)OCCC(=O)/C=C/CN(C)C.CC(C)OCCC(=O)O.CC(C)OCN.CC(C)OCN1CCCC1.CC(C)OCN1CCN(C)CC1.CC(C)OCN1CCOCC1.NC(N)=NCCCC(N)C(=O)O. The Hall–Kier alpha value is -6.05. The number of allylic oxidation sites excluding steroid dienone is 1. The summed E-state index contributed by atoms with van der Waals surface area (Å²) < 4.78 is 56.3. The Morgan fingerprint density at radius 2 is 1.02 bits per heavy atom. The van der Waals surface area contributed by atoms with Gasteiger partial charge in [-0.3, -0.25) is 53.3 Å². The molecule has 0 radical (unpaired) electrons. The second kappa shape index (κ2) is 86.1. The third-order valence-electron chi connectivity index (χ3n) is 15.2. The number of nitrogens with one attached hydrogen (secondary N) is 2. The number of aliphatic carboxylic acids is 2. The predicted molar refractivity (Wildman–Crippen MR) is 481 cm³/mol. The molecule has 1 aromatic rings. The highest BCUT2D eigenvalue weighted by molar-refractivity contribution is 5.89. The van der Waals surface area contributed by atoms with E-state index in [1.54, 1.807) is 46.3 Å². The van der Waals surface area contributed by atoms with Gasteiger partial charge in [0.2, 0.25) is 0 Å². The van der Waals surface area contributed by atoms with E-state index < -0.39 is 30.1 Å². The number of esters is 4. The van der Waals surface area contributed by atoms with Crippen LogP contribution in [-0.4, -0.2) is 337 Å². The lowest BCUT2D eigenvalue weighted by atomic mass is 10.1. The Kier molecular flexibility index (Phi) is 91.1. The van der Waals surface area contributed by atoms with Crippen LogP contribution in [0, 0.1) is 0 Å². The van der Waals surface area contributed by atoms with Crippen LogP contribution >= 0.6 is 0 Å². The van der Waals surface area contributed by atoms with Crippen molar-refractivity contribution in [1.29, 1.82) is 0 Å². The van der Waals surface area contributed by atoms with E-state index in [0.29, 0.717) is 83.5 Å². The first kappa shape index (κ1) is 128. The average molecular weight is 1750 g/mol. The fourth-order valence-electron chi connectivity index (χ4n) is 8.97. The number of aromatic nitrogens is 2. The number of nitrogens with two attached hydrogens (primary N) is 8. The first-order chi connectivity index (χ1) is 56.2. The number of aliphatic imine (C=N–C) groups is 1. The van der Waals surface area contributed by atoms with Crippen LogP contribution in [0.4, 0.5) is 0 Å². The molecule has 121 heavy (non-hydrogen) atoms. The second-order valence-corrected chi connectivity index (χ2v) is 31.3. The van der Waals surface area contributed by atoms with E-state index >= 15 is 0 Å². The van der Waals surface area contributed by atoms with Gasteiger partial charge in [0.1, 0.15) is 24.2 Å². The van der Waals surface area contributed by atoms with E-state index in [9.17, 15) is 33.6 Å². The third kappa shape index (κ3) is 101. The number of ketones is 1. The minimum atomic E-state index is -1.00. The van der Waals surface area contributed by atoms with Gasteiger partial charge in [-0.15, -0.1) is 0 Å². The topological polar surface area (TPSA) is 539 Å². The highest BCUT2D eigenvalue weighted by Crippen LogP contribution is 2.10. The number of carbonyl (C=O) groups excluding carboxylic acids is 5. The summed E-state index contributed by atoms with van der Waals surface area (Å²) >= 11 is 0. The molecule has 4 atom stereocenters. The van der Waals surface area contributed by atoms with E-state index in [-0.39, 0.29) is 105 Å². The Balaban J connectivity index is -0.000000237. The van der Waals surface area contributed by atoms with Gasteiger partial charge in [-0.1, -0.05) is 19.9 Å². The molecule has 37 heteroatoms. The van der Waals surface area contributed by atoms with Gasteiger partial charge in [0.15, 0.2) is 11.7 Å². The van der Waals surface area contributed by atoms with Gasteiger partial charge in [0, 0.05) is 90.2 Å². The largest absolute Gasteiger partial charge is 0.481 e. The molecule has 0 aromatic carbocycles. The molecule has 4 fully saturated rings. The van der Waals surface area contributed by atoms with E-state index in [0.717, 1.165) is 104 Å². The monoisotopic (exact) mass is 1740 g/mol. The smallest absolute Gasteiger partial charge is 0.323 e. The first-order valence-electron chi connectivity index (χ1n) is 42.6. The number of carbonyl (C=O) groups is 7. The summed E-state index contributed by atoms with van der Waals surface area (Å²) in [6.07, 6.45) is 17.2. The van der Waals surface area contributed by atoms with Crippen LogP contribution in [0.1, 0.15) is 222 Å². The number of imidazole rings is 1. The normalized spacial score (nSPS) is 15.3. The number of likely N-dealkylation sites (N-methyl/N-ethyl adjacent to an activating group) is 2. The number of rotatable bonds is 41. The molecule has 718 valence electrons. The number of morpholine rings is 1. The predicted octanol–water partition coefficient (Wildman–Crippen LogP) is 5.78. The Labute approximate surface area is 729 Å². The van der Waals surface area contributed by atoms with Crippen molar-refractivity contribution in [3.63, 3.8) is 0 Å². The molecule has 37 nitrogen and oxygen atoms in total. The Morgan fingerprint density at radius 1 is 0.570 bits per heavy atom. The lowest BCUT2D eigenvalue weighted by Gasteiger charge is -2.32. The number of nitrogens with zero attached hydrogens (tertiary/aromatic N) is 7. The molecular formula is C84H177N17O20. The number of likely N-dealkylation sites (tertiary alicyclic amines) is 1. The van der Waals surface area contributed by atoms with Crippen molar-refractivity contribution in [3.05, 3.63) is 30.4 Å². The van der Waals surface area contributed by atoms with Crippen molar-refractivity contribution in [2.24, 2.45) is 50.9 Å². The van der Waals surface area contributed by atoms with Gasteiger partial charge in [0.05, 0.1) is 134 Å². The second-order valence-electron chi connectivity index (χ2n) is 31.3. The highest BCUT2D eigenvalue weighted by Gasteiger charge is 2.24. The van der Waals surface area contributed by atoms with Gasteiger partial charge >= 0.3 is 35.8 Å². The zero-order chi connectivity index (χ0) is 92.9. The number of unbranched alkanes of at least 4 members (excludes halogenated alkanes) is 1. The van der Waals surface area contributed by atoms with Gasteiger partial charge in [-0.25, -0.2) is 4.98 Å². The Bertz CT molecular complexity index is 2600. The average Bonchev–Trinajstić information content (AvgIpc) is 1.47. The molecule has 20 N–H and O–H groups in total. The van der Waals surface area contributed by atoms with E-state index in [1.807, 2.05) is 94.3 Å². The van der Waals surface area contributed by atoms with E-state index in [1.165, 1.54) is 39.0 Å². The quantitative estimate of drug-likeness (QED) is 0.00702. The van der Waals surface area contributed by atoms with Crippen molar-refractivity contribution in [3.8, 4) is 0 Å². The van der Waals surface area contributed by atoms with Crippen LogP contribution in [-0.2, 0) is 92.1 Å². The molecule has 5 heterocycles. The molecule has 0 spiro atoms. The number of aromatic amines is 1. The van der Waals surface area contributed by atoms with Gasteiger partial charge in [0.25, 0.3) is 0 Å². The molecule has 0 aliphatic carbocycles. The molecule has 4 aliphatic rings. The zero-order valence-electron chi connectivity index (χ0n) is 78.2. The molecule has 4 saturated heterocycles. The summed E-state index contributed by atoms with van der Waals surface area (Å²) in [4.78, 5) is 97.0. The van der Waals surface area contributed by atoms with E-state index in [4.69, 9.17) is 103 Å². The maximum absolute atomic E-state index is 11.3. The molecule has 4 unspecified atom stereocenters. The van der Waals surface area contributed by atoms with Crippen LogP contribution in [0.5, 0.6) is 0 Å². The molecule has 5 rings (SSSR count). The molecule has 4 aliphatic heterocycles. The summed E-state index contributed by atoms with van der Waals surface area (Å²) in [5, 5.41) is 19.6. The van der Waals surface area contributed by atoms with Crippen LogP contribution in [0.2, 0.25) is 0 Å². The van der Waals surface area contributed by atoms with Crippen molar-refractivity contribution < 1.29 is 95.9 Å². The van der Waals surface area contributed by atoms with Crippen LogP contribution < -0.4 is 51.2 Å². The number of hydrogen-bond acceptors (Lipinski definition) is 32. The number of piperazine rings is 1. The Morgan fingerprint density at radius 3 is 1.40 bits per heavy atom. The van der Waals surface area contributed by atoms with Gasteiger partial charge in [-0.05, 0) is 230 Å². The summed E-state index contributed by atoms with van der Waals surface area (Å²) in [6, 6.07) is -1.98. The first-order valence-corrected chi connectivity index (χ1v) is 42.6. The van der Waals surface area contributed by atoms with E-state index in [2.05, 4.69) is 93.2 Å². The maximum Gasteiger partial charge on any atom is 0.323 e. The number of hydrogen-bond donors (Lipinski definition) is 12. The summed E-state index contributed by atoms with van der Waals surface area (Å²) in [5.74, 6) is -2.80. The molecule has 1 aromatic heterocycles. The maximum atomic E-state index is 11.3. The molecular weight excluding hydrogens is 1570 g/mol. The van der Waals surface area contributed by atoms with Crippen LogP contribution in [0.15, 0.2) is 29.7 Å². The lowest BCUT2D eigenvalue weighted by Crippen LogP contribution is -2.45. The van der Waals surface area contributed by atoms with Crippen LogP contribution in [0.3, 0.4) is 0 Å². The molecule has 0 amide bonds. The van der Waals surface area contributed by atoms with Crippen LogP contribution in [0.25, 0.3) is 0 Å². The third-order valence-corrected chi connectivity index (χ3v) is 15.2. The summed E-state index contributed by atoms with van der Waals surface area (Å²) in [5.41, 5.74) is 42.6. The lowest BCUT2D eigenvalue weighted by molar-refractivity contribution is -0.150. The number of guanidine groups is 1. The summed E-state index contributed by atoms with van der Waals surface area (Å²) in [7, 11) is 6.11. The zero-order valence-corrected chi connectivity index (χ0v) is 78.2. The van der Waals surface area contributed by atoms with Crippen molar-refractivity contribution in [1.82, 2.24) is 39.8 Å². The minimum Gasteiger partial charge on any atom is -0.481 e. The minimum absolute atomic E-state index is 0. The van der Waals surface area contributed by atoms with Crippen molar-refractivity contribution in [2.75, 3.05) is 160 Å². The van der Waals surface area contributed by atoms with Crippen molar-refractivity contribution >= 4 is 47.6 Å². The highest BCUT2D eigenvalue weighted by atomic mass is 16.6.